The van der Waals surface area contributed by atoms with Gasteiger partial charge >= 0.3 is 0 Å². The molecule has 2 aliphatic heterocycles. The molecule has 2 aromatic carbocycles. The molecule has 1 amide bonds. The van der Waals surface area contributed by atoms with Crippen molar-refractivity contribution < 1.29 is 19.0 Å². The fraction of sp³-hybridized carbons (Fsp3) is 0.348. The van der Waals surface area contributed by atoms with Crippen molar-refractivity contribution in [1.29, 1.82) is 0 Å². The minimum atomic E-state index is -0.124. The van der Waals surface area contributed by atoms with Gasteiger partial charge in [0.15, 0.2) is 11.5 Å². The van der Waals surface area contributed by atoms with Gasteiger partial charge in [0.1, 0.15) is 0 Å². The van der Waals surface area contributed by atoms with Gasteiger partial charge in [-0.25, -0.2) is 0 Å². The zero-order valence-corrected chi connectivity index (χ0v) is 16.6. The lowest BCUT2D eigenvalue weighted by Crippen LogP contribution is -2.42. The number of amides is 1. The van der Waals surface area contributed by atoms with E-state index < -0.39 is 0 Å². The molecule has 0 saturated carbocycles. The van der Waals surface area contributed by atoms with E-state index in [-0.39, 0.29) is 18.7 Å². The Labute approximate surface area is 171 Å². The summed E-state index contributed by atoms with van der Waals surface area (Å²) in [4.78, 5) is 15.0. The quantitative estimate of drug-likeness (QED) is 0.764. The third-order valence-corrected chi connectivity index (χ3v) is 5.16. The molecule has 1 fully saturated rings. The van der Waals surface area contributed by atoms with Gasteiger partial charge in [-0.1, -0.05) is 35.9 Å². The molecule has 0 aliphatic carbocycles. The largest absolute Gasteiger partial charge is 0.454 e. The van der Waals surface area contributed by atoms with Crippen LogP contribution < -0.4 is 14.8 Å². The normalized spacial score (nSPS) is 17.4. The van der Waals surface area contributed by atoms with E-state index in [1.54, 1.807) is 12.2 Å². The lowest BCUT2D eigenvalue weighted by atomic mass is 10.0. The third kappa shape index (κ3) is 5.16. The fourth-order valence-electron chi connectivity index (χ4n) is 3.48. The molecule has 6 heteroatoms. The number of carbonyl (C=O) groups excluding carboxylic acids is 1. The monoisotopic (exact) mass is 394 g/mol. The standard InChI is InChI=1S/C23H26N2O4/c1-17-2-6-19(7-3-17)20(15-25-10-12-27-13-11-25)24-23(26)9-5-18-4-8-21-22(14-18)29-16-28-21/h2-9,14,20H,10-13,15-16H2,1H3,(H,24,26)/b9-5+/t20-/m0/s1. The number of hydrogen-bond acceptors (Lipinski definition) is 5. The average molecular weight is 394 g/mol. The van der Waals surface area contributed by atoms with E-state index in [1.165, 1.54) is 5.56 Å². The number of rotatable bonds is 6. The van der Waals surface area contributed by atoms with Crippen LogP contribution in [0.1, 0.15) is 22.7 Å². The Balaban J connectivity index is 1.44. The number of fused-ring (bicyclic) bond motifs is 1. The van der Waals surface area contributed by atoms with Crippen molar-refractivity contribution in [2.24, 2.45) is 0 Å². The van der Waals surface area contributed by atoms with Crippen LogP contribution in [0.25, 0.3) is 6.08 Å². The van der Waals surface area contributed by atoms with E-state index in [2.05, 4.69) is 41.4 Å². The second kappa shape index (κ2) is 9.11. The predicted molar refractivity (Wildman–Crippen MR) is 111 cm³/mol. The summed E-state index contributed by atoms with van der Waals surface area (Å²) >= 11 is 0. The van der Waals surface area contributed by atoms with Crippen LogP contribution in [0, 0.1) is 6.92 Å². The summed E-state index contributed by atoms with van der Waals surface area (Å²) < 4.78 is 16.2. The second-order valence-corrected chi connectivity index (χ2v) is 7.33. The molecule has 29 heavy (non-hydrogen) atoms. The summed E-state index contributed by atoms with van der Waals surface area (Å²) in [6, 6.07) is 13.9. The molecule has 0 radical (unpaired) electrons. The Bertz CT molecular complexity index is 873. The molecule has 4 rings (SSSR count). The molecule has 0 spiro atoms. The van der Waals surface area contributed by atoms with Gasteiger partial charge in [-0.05, 0) is 36.3 Å². The van der Waals surface area contributed by atoms with E-state index in [0.29, 0.717) is 5.75 Å². The highest BCUT2D eigenvalue weighted by Gasteiger charge is 2.19. The van der Waals surface area contributed by atoms with Gasteiger partial charge in [0.25, 0.3) is 0 Å². The first kappa shape index (κ1) is 19.5. The van der Waals surface area contributed by atoms with Crippen LogP contribution in [-0.4, -0.2) is 50.4 Å². The van der Waals surface area contributed by atoms with Crippen LogP contribution in [0.15, 0.2) is 48.5 Å². The van der Waals surface area contributed by atoms with Crippen LogP contribution in [0.2, 0.25) is 0 Å². The van der Waals surface area contributed by atoms with E-state index >= 15 is 0 Å². The Morgan fingerprint density at radius 2 is 1.86 bits per heavy atom. The highest BCUT2D eigenvalue weighted by Crippen LogP contribution is 2.32. The summed E-state index contributed by atoms with van der Waals surface area (Å²) in [7, 11) is 0. The number of benzene rings is 2. The number of carbonyl (C=O) groups is 1. The lowest BCUT2D eigenvalue weighted by molar-refractivity contribution is -0.117. The number of nitrogens with zero attached hydrogens (tertiary/aromatic N) is 1. The summed E-state index contributed by atoms with van der Waals surface area (Å²) in [5.74, 6) is 1.32. The van der Waals surface area contributed by atoms with E-state index in [0.717, 1.165) is 49.7 Å². The maximum absolute atomic E-state index is 12.6. The van der Waals surface area contributed by atoms with Gasteiger partial charge in [-0.3, -0.25) is 9.69 Å². The minimum absolute atomic E-state index is 0.0809. The molecule has 0 bridgehead atoms. The highest BCUT2D eigenvalue weighted by molar-refractivity contribution is 5.92. The van der Waals surface area contributed by atoms with Crippen LogP contribution in [-0.2, 0) is 9.53 Å². The van der Waals surface area contributed by atoms with Crippen LogP contribution in [0.5, 0.6) is 11.5 Å². The molecule has 0 unspecified atom stereocenters. The van der Waals surface area contributed by atoms with E-state index in [4.69, 9.17) is 14.2 Å². The molecule has 2 aliphatic rings. The number of hydrogen-bond donors (Lipinski definition) is 1. The molecule has 2 heterocycles. The van der Waals surface area contributed by atoms with Gasteiger partial charge in [-0.2, -0.15) is 0 Å². The van der Waals surface area contributed by atoms with Crippen molar-refractivity contribution in [3.8, 4) is 11.5 Å². The van der Waals surface area contributed by atoms with Crippen molar-refractivity contribution in [2.75, 3.05) is 39.6 Å². The smallest absolute Gasteiger partial charge is 0.244 e. The van der Waals surface area contributed by atoms with E-state index in [1.807, 2.05) is 18.2 Å². The summed E-state index contributed by atoms with van der Waals surface area (Å²) in [6.45, 7) is 6.29. The predicted octanol–water partition coefficient (Wildman–Crippen LogP) is 2.93. The maximum Gasteiger partial charge on any atom is 0.244 e. The zero-order valence-electron chi connectivity index (χ0n) is 16.6. The van der Waals surface area contributed by atoms with Gasteiger partial charge < -0.3 is 19.5 Å². The van der Waals surface area contributed by atoms with Gasteiger partial charge in [0, 0.05) is 25.7 Å². The molecule has 2 aromatic rings. The van der Waals surface area contributed by atoms with Gasteiger partial charge in [-0.15, -0.1) is 0 Å². The zero-order chi connectivity index (χ0) is 20.1. The maximum atomic E-state index is 12.6. The first-order chi connectivity index (χ1) is 14.2. The number of morpholine rings is 1. The topological polar surface area (TPSA) is 60.0 Å². The molecule has 1 N–H and O–H groups in total. The summed E-state index contributed by atoms with van der Waals surface area (Å²) in [5.41, 5.74) is 3.20. The molecule has 152 valence electrons. The Kier molecular flexibility index (Phi) is 6.12. The number of nitrogens with one attached hydrogen (secondary N) is 1. The molecule has 0 aromatic heterocycles. The lowest BCUT2D eigenvalue weighted by Gasteiger charge is -2.31. The Hall–Kier alpha value is -2.83. The van der Waals surface area contributed by atoms with E-state index in [9.17, 15) is 4.79 Å². The van der Waals surface area contributed by atoms with Crippen LogP contribution in [0.3, 0.4) is 0 Å². The van der Waals surface area contributed by atoms with Crippen molar-refractivity contribution in [3.05, 3.63) is 65.2 Å². The number of aryl methyl sites for hydroxylation is 1. The molecule has 6 nitrogen and oxygen atoms in total. The number of ether oxygens (including phenoxy) is 3. The fourth-order valence-corrected chi connectivity index (χ4v) is 3.48. The van der Waals surface area contributed by atoms with Crippen LogP contribution in [0.4, 0.5) is 0 Å². The van der Waals surface area contributed by atoms with Crippen molar-refractivity contribution in [1.82, 2.24) is 10.2 Å². The highest BCUT2D eigenvalue weighted by atomic mass is 16.7. The summed E-state index contributed by atoms with van der Waals surface area (Å²) in [5, 5.41) is 3.16. The third-order valence-electron chi connectivity index (χ3n) is 5.16. The Morgan fingerprint density at radius 3 is 2.66 bits per heavy atom. The summed E-state index contributed by atoms with van der Waals surface area (Å²) in [6.07, 6.45) is 3.36. The minimum Gasteiger partial charge on any atom is -0.454 e. The molecule has 1 saturated heterocycles. The second-order valence-electron chi connectivity index (χ2n) is 7.33. The Morgan fingerprint density at radius 1 is 1.10 bits per heavy atom. The van der Waals surface area contributed by atoms with Crippen molar-refractivity contribution in [3.63, 3.8) is 0 Å². The SMILES string of the molecule is Cc1ccc([C@H](CN2CCOCC2)NC(=O)/C=C/c2ccc3c(c2)OCO3)cc1. The van der Waals surface area contributed by atoms with Crippen LogP contribution >= 0.6 is 0 Å². The van der Waals surface area contributed by atoms with Crippen molar-refractivity contribution >= 4 is 12.0 Å². The van der Waals surface area contributed by atoms with Gasteiger partial charge in [0.2, 0.25) is 12.7 Å². The molecule has 1 atom stereocenters. The van der Waals surface area contributed by atoms with Crippen molar-refractivity contribution in [2.45, 2.75) is 13.0 Å². The first-order valence-corrected chi connectivity index (χ1v) is 9.92. The average Bonchev–Trinajstić information content (AvgIpc) is 3.21. The molecular weight excluding hydrogens is 368 g/mol. The molecular formula is C23H26N2O4. The first-order valence-electron chi connectivity index (χ1n) is 9.92. The van der Waals surface area contributed by atoms with Gasteiger partial charge in [0.05, 0.1) is 19.3 Å².